The maximum atomic E-state index is 13.7. The average molecular weight is 350 g/mol. The van der Waals surface area contributed by atoms with Gasteiger partial charge in [-0.3, -0.25) is 9.59 Å². The van der Waals surface area contributed by atoms with Crippen LogP contribution in [-0.4, -0.2) is 21.6 Å². The molecule has 0 aliphatic carbocycles. The van der Waals surface area contributed by atoms with Gasteiger partial charge in [-0.05, 0) is 36.4 Å². The number of anilines is 2. The number of para-hydroxylation sites is 1. The molecule has 0 unspecified atom stereocenters. The first-order valence-electron chi connectivity index (χ1n) is 7.71. The smallest absolute Gasteiger partial charge is 0.258 e. The third-order valence-electron chi connectivity index (χ3n) is 3.53. The minimum absolute atomic E-state index is 0.0484. The number of hydrogen-bond donors (Lipinski definition) is 2. The molecule has 2 aromatic carbocycles. The molecule has 2 N–H and O–H groups in total. The number of nitrogens with one attached hydrogen (secondary N) is 2. The van der Waals surface area contributed by atoms with Crippen LogP contribution in [0, 0.1) is 5.82 Å². The van der Waals surface area contributed by atoms with Gasteiger partial charge in [0.25, 0.3) is 5.91 Å². The molecular formula is C19H15FN4O2. The molecule has 0 atom stereocenters. The highest BCUT2D eigenvalue weighted by molar-refractivity contribution is 6.04. The minimum atomic E-state index is -0.616. The quantitative estimate of drug-likeness (QED) is 0.693. The van der Waals surface area contributed by atoms with E-state index >= 15 is 0 Å². The molecular weight excluding hydrogens is 335 g/mol. The molecule has 0 saturated heterocycles. The molecule has 0 saturated carbocycles. The van der Waals surface area contributed by atoms with E-state index in [1.807, 2.05) is 30.3 Å². The van der Waals surface area contributed by atoms with E-state index in [0.717, 1.165) is 17.8 Å². The fraction of sp³-hybridized carbons (Fsp3) is 0. The van der Waals surface area contributed by atoms with Crippen LogP contribution in [0.5, 0.6) is 0 Å². The Labute approximate surface area is 149 Å². The van der Waals surface area contributed by atoms with E-state index in [0.29, 0.717) is 11.3 Å². The van der Waals surface area contributed by atoms with Gasteiger partial charge in [-0.1, -0.05) is 24.8 Å². The first-order chi connectivity index (χ1) is 12.6. The second kappa shape index (κ2) is 7.43. The van der Waals surface area contributed by atoms with Gasteiger partial charge in [0.05, 0.1) is 23.1 Å². The zero-order valence-corrected chi connectivity index (χ0v) is 13.6. The molecule has 0 spiro atoms. The van der Waals surface area contributed by atoms with E-state index in [2.05, 4.69) is 22.3 Å². The molecule has 0 aliphatic heterocycles. The van der Waals surface area contributed by atoms with Gasteiger partial charge in [0.1, 0.15) is 5.82 Å². The van der Waals surface area contributed by atoms with Crippen molar-refractivity contribution in [3.63, 3.8) is 0 Å². The van der Waals surface area contributed by atoms with Gasteiger partial charge in [-0.2, -0.15) is 5.10 Å². The van der Waals surface area contributed by atoms with Crippen molar-refractivity contribution in [3.8, 4) is 5.69 Å². The summed E-state index contributed by atoms with van der Waals surface area (Å²) in [6.45, 7) is 3.31. The van der Waals surface area contributed by atoms with Gasteiger partial charge in [0, 0.05) is 11.9 Å². The molecule has 130 valence electrons. The lowest BCUT2D eigenvalue weighted by atomic mass is 10.2. The lowest BCUT2D eigenvalue weighted by molar-refractivity contribution is -0.111. The fourth-order valence-corrected chi connectivity index (χ4v) is 2.25. The van der Waals surface area contributed by atoms with Crippen LogP contribution in [0.1, 0.15) is 10.4 Å². The van der Waals surface area contributed by atoms with Gasteiger partial charge in [-0.25, -0.2) is 9.07 Å². The molecule has 0 fully saturated rings. The van der Waals surface area contributed by atoms with Crippen LogP contribution in [0.25, 0.3) is 5.69 Å². The Bertz CT molecular complexity index is 967. The van der Waals surface area contributed by atoms with Gasteiger partial charge in [-0.15, -0.1) is 0 Å². The number of benzene rings is 2. The second-order valence-corrected chi connectivity index (χ2v) is 5.35. The SMILES string of the molecule is C=CC(=O)Nc1cc(NC(=O)c2cnn(-c3ccccc3)c2)ccc1F. The topological polar surface area (TPSA) is 76.0 Å². The summed E-state index contributed by atoms with van der Waals surface area (Å²) in [6.07, 6.45) is 4.06. The molecule has 2 amide bonds. The highest BCUT2D eigenvalue weighted by atomic mass is 19.1. The normalized spacial score (nSPS) is 10.2. The molecule has 1 heterocycles. The standard InChI is InChI=1S/C19H15FN4O2/c1-2-18(25)23-17-10-14(8-9-16(17)20)22-19(26)13-11-21-24(12-13)15-6-4-3-5-7-15/h2-12H,1H2,(H,22,26)(H,23,25). The van der Waals surface area contributed by atoms with Crippen molar-refractivity contribution < 1.29 is 14.0 Å². The summed E-state index contributed by atoms with van der Waals surface area (Å²) in [7, 11) is 0. The van der Waals surface area contributed by atoms with E-state index < -0.39 is 17.6 Å². The number of amides is 2. The van der Waals surface area contributed by atoms with Crippen molar-refractivity contribution in [2.75, 3.05) is 10.6 Å². The molecule has 0 bridgehead atoms. The largest absolute Gasteiger partial charge is 0.322 e. The van der Waals surface area contributed by atoms with Gasteiger partial charge in [0.2, 0.25) is 5.91 Å². The predicted octanol–water partition coefficient (Wildman–Crippen LogP) is 3.39. The monoisotopic (exact) mass is 350 g/mol. The highest BCUT2D eigenvalue weighted by Gasteiger charge is 2.12. The van der Waals surface area contributed by atoms with Crippen LogP contribution in [0.2, 0.25) is 0 Å². The predicted molar refractivity (Wildman–Crippen MR) is 96.7 cm³/mol. The fourth-order valence-electron chi connectivity index (χ4n) is 2.25. The summed E-state index contributed by atoms with van der Waals surface area (Å²) < 4.78 is 15.3. The third-order valence-corrected chi connectivity index (χ3v) is 3.53. The average Bonchev–Trinajstić information content (AvgIpc) is 3.15. The number of carbonyl (C=O) groups is 2. The number of carbonyl (C=O) groups excluding carboxylic acids is 2. The van der Waals surface area contributed by atoms with E-state index in [9.17, 15) is 14.0 Å². The van der Waals surface area contributed by atoms with Crippen LogP contribution < -0.4 is 10.6 Å². The van der Waals surface area contributed by atoms with E-state index in [-0.39, 0.29) is 5.69 Å². The van der Waals surface area contributed by atoms with Crippen LogP contribution in [0.3, 0.4) is 0 Å². The zero-order valence-electron chi connectivity index (χ0n) is 13.6. The van der Waals surface area contributed by atoms with Gasteiger partial charge >= 0.3 is 0 Å². The van der Waals surface area contributed by atoms with Crippen LogP contribution in [-0.2, 0) is 4.79 Å². The van der Waals surface area contributed by atoms with Crippen molar-refractivity contribution in [2.24, 2.45) is 0 Å². The summed E-state index contributed by atoms with van der Waals surface area (Å²) in [5.41, 5.74) is 1.45. The van der Waals surface area contributed by atoms with Crippen molar-refractivity contribution >= 4 is 23.2 Å². The summed E-state index contributed by atoms with van der Waals surface area (Å²) >= 11 is 0. The second-order valence-electron chi connectivity index (χ2n) is 5.35. The first kappa shape index (κ1) is 17.1. The molecule has 6 nitrogen and oxygen atoms in total. The molecule has 7 heteroatoms. The van der Waals surface area contributed by atoms with Crippen molar-refractivity contribution in [2.45, 2.75) is 0 Å². The third kappa shape index (κ3) is 3.84. The zero-order chi connectivity index (χ0) is 18.5. The lowest BCUT2D eigenvalue weighted by Gasteiger charge is -2.08. The number of rotatable bonds is 5. The van der Waals surface area contributed by atoms with Crippen LogP contribution in [0.15, 0.2) is 73.6 Å². The Morgan fingerprint density at radius 3 is 2.62 bits per heavy atom. The van der Waals surface area contributed by atoms with E-state index in [1.165, 1.54) is 18.3 Å². The van der Waals surface area contributed by atoms with Crippen molar-refractivity contribution in [1.29, 1.82) is 0 Å². The van der Waals surface area contributed by atoms with E-state index in [4.69, 9.17) is 0 Å². The summed E-state index contributed by atoms with van der Waals surface area (Å²) in [5, 5.41) is 9.14. The number of nitrogens with zero attached hydrogens (tertiary/aromatic N) is 2. The van der Waals surface area contributed by atoms with Crippen LogP contribution >= 0.6 is 0 Å². The molecule has 0 radical (unpaired) electrons. The van der Waals surface area contributed by atoms with Gasteiger partial charge in [0.15, 0.2) is 0 Å². The first-order valence-corrected chi connectivity index (χ1v) is 7.71. The number of aromatic nitrogens is 2. The number of hydrogen-bond acceptors (Lipinski definition) is 3. The molecule has 3 rings (SSSR count). The Balaban J connectivity index is 1.76. The summed E-state index contributed by atoms with van der Waals surface area (Å²) in [4.78, 5) is 23.7. The minimum Gasteiger partial charge on any atom is -0.322 e. The van der Waals surface area contributed by atoms with E-state index in [1.54, 1.807) is 10.9 Å². The molecule has 26 heavy (non-hydrogen) atoms. The van der Waals surface area contributed by atoms with Crippen LogP contribution in [0.4, 0.5) is 15.8 Å². The Hall–Kier alpha value is -3.74. The molecule has 0 aliphatic rings. The summed E-state index contributed by atoms with van der Waals surface area (Å²) in [5.74, 6) is -1.56. The Morgan fingerprint density at radius 2 is 1.88 bits per heavy atom. The highest BCUT2D eigenvalue weighted by Crippen LogP contribution is 2.20. The van der Waals surface area contributed by atoms with Crippen molar-refractivity contribution in [3.05, 3.63) is 85.0 Å². The van der Waals surface area contributed by atoms with Gasteiger partial charge < -0.3 is 10.6 Å². The summed E-state index contributed by atoms with van der Waals surface area (Å²) in [6, 6.07) is 13.2. The molecule has 1 aromatic heterocycles. The Kier molecular flexibility index (Phi) is 4.89. The molecule has 3 aromatic rings. The number of halogens is 1. The Morgan fingerprint density at radius 1 is 1.12 bits per heavy atom. The maximum Gasteiger partial charge on any atom is 0.258 e. The maximum absolute atomic E-state index is 13.7. The lowest BCUT2D eigenvalue weighted by Crippen LogP contribution is -2.13. The van der Waals surface area contributed by atoms with Crippen molar-refractivity contribution in [1.82, 2.24) is 9.78 Å².